The Kier molecular flexibility index (Phi) is 3.16. The van der Waals surface area contributed by atoms with Gasteiger partial charge in [-0.2, -0.15) is 0 Å². The Morgan fingerprint density at radius 2 is 2.04 bits per heavy atom. The summed E-state index contributed by atoms with van der Waals surface area (Å²) in [5.74, 6) is -1.43. The van der Waals surface area contributed by atoms with Crippen molar-refractivity contribution in [3.63, 3.8) is 0 Å². The lowest BCUT2D eigenvalue weighted by molar-refractivity contribution is -0.124. The molecule has 2 aliphatic heterocycles. The third kappa shape index (κ3) is 2.25. The second-order valence-electron chi connectivity index (χ2n) is 6.27. The van der Waals surface area contributed by atoms with Crippen LogP contribution in [0.3, 0.4) is 0 Å². The summed E-state index contributed by atoms with van der Waals surface area (Å²) in [6.45, 7) is 0.163. The molecule has 0 aliphatic carbocycles. The van der Waals surface area contributed by atoms with Crippen molar-refractivity contribution in [3.05, 3.63) is 64.0 Å². The summed E-state index contributed by atoms with van der Waals surface area (Å²) >= 11 is 0. The summed E-state index contributed by atoms with van der Waals surface area (Å²) < 4.78 is 14.7. The molecule has 134 valence electrons. The number of ketones is 1. The van der Waals surface area contributed by atoms with Gasteiger partial charge in [-0.3, -0.25) is 23.8 Å². The molecule has 0 spiro atoms. The third-order valence-corrected chi connectivity index (χ3v) is 4.60. The molecule has 2 aromatic carbocycles. The number of benzene rings is 2. The van der Waals surface area contributed by atoms with Gasteiger partial charge < -0.3 is 5.32 Å². The van der Waals surface area contributed by atoms with E-state index in [1.807, 2.05) is 0 Å². The van der Waals surface area contributed by atoms with Crippen molar-refractivity contribution >= 4 is 28.3 Å². The van der Waals surface area contributed by atoms with Crippen LogP contribution >= 0.6 is 0 Å². The van der Waals surface area contributed by atoms with Gasteiger partial charge in [0, 0.05) is 5.69 Å². The number of fused-ring (bicyclic) bond motifs is 4. The Morgan fingerprint density at radius 1 is 1.19 bits per heavy atom. The second kappa shape index (κ2) is 5.45. The minimum atomic E-state index is -0.563. The number of aromatic nitrogens is 2. The van der Waals surface area contributed by atoms with Crippen molar-refractivity contribution in [2.75, 3.05) is 11.9 Å². The van der Waals surface area contributed by atoms with Gasteiger partial charge in [-0.05, 0) is 36.4 Å². The van der Waals surface area contributed by atoms with Crippen molar-refractivity contribution in [3.8, 4) is 5.69 Å². The van der Waals surface area contributed by atoms with Gasteiger partial charge in [0.15, 0.2) is 5.82 Å². The lowest BCUT2D eigenvalue weighted by Crippen LogP contribution is -2.30. The molecule has 27 heavy (non-hydrogen) atoms. The maximum Gasteiger partial charge on any atom is 0.268 e. The van der Waals surface area contributed by atoms with E-state index in [4.69, 9.17) is 4.84 Å². The number of nitrogens with zero attached hydrogens (tertiary/aromatic N) is 2. The minimum Gasteiger partial charge on any atom is -0.372 e. The van der Waals surface area contributed by atoms with Crippen LogP contribution in [0.5, 0.6) is 0 Å². The summed E-state index contributed by atoms with van der Waals surface area (Å²) in [5, 5.41) is 3.29. The molecule has 1 atom stereocenters. The monoisotopic (exact) mass is 366 g/mol. The van der Waals surface area contributed by atoms with E-state index < -0.39 is 23.2 Å². The smallest absolute Gasteiger partial charge is 0.268 e. The van der Waals surface area contributed by atoms with Crippen LogP contribution in [0.1, 0.15) is 16.2 Å². The third-order valence-electron chi connectivity index (χ3n) is 4.60. The molecule has 2 aliphatic rings. The van der Waals surface area contributed by atoms with E-state index in [9.17, 15) is 18.8 Å². The fourth-order valence-electron chi connectivity index (χ4n) is 3.31. The molecule has 0 bridgehead atoms. The van der Waals surface area contributed by atoms with Gasteiger partial charge in [-0.1, -0.05) is 0 Å². The predicted molar refractivity (Wildman–Crippen MR) is 92.2 cm³/mol. The molecule has 1 unspecified atom stereocenters. The number of rotatable bonds is 2. The number of nitrogens with one attached hydrogen (secondary N) is 2. The largest absolute Gasteiger partial charge is 0.372 e. The normalized spacial score (nSPS) is 17.7. The average molecular weight is 366 g/mol. The van der Waals surface area contributed by atoms with Crippen LogP contribution < -0.4 is 16.4 Å². The predicted octanol–water partition coefficient (Wildman–Crippen LogP) is 0.911. The fraction of sp³-hybridized carbons (Fsp3) is 0.111. The van der Waals surface area contributed by atoms with Crippen molar-refractivity contribution in [1.82, 2.24) is 15.0 Å². The molecule has 3 heterocycles. The number of amides is 1. The topological polar surface area (TPSA) is 102 Å². The highest BCUT2D eigenvalue weighted by Gasteiger charge is 2.31. The standard InChI is InChI=1S/C18H11FN4O4/c19-8-1-4-14-11(5-8)15(24)16-21-12-6-9(20-13-7-27-22-17(13)25)2-3-10(12)18(26)23(14)16/h1-6,13,20H,7H2,(H,22,25). The molecule has 9 heteroatoms. The number of anilines is 1. The van der Waals surface area contributed by atoms with Crippen LogP contribution in [0.4, 0.5) is 10.1 Å². The molecule has 0 radical (unpaired) electrons. The van der Waals surface area contributed by atoms with Crippen molar-refractivity contribution in [2.45, 2.75) is 6.04 Å². The lowest BCUT2D eigenvalue weighted by atomic mass is 10.1. The molecule has 1 fully saturated rings. The van der Waals surface area contributed by atoms with Crippen molar-refractivity contribution in [2.24, 2.45) is 0 Å². The van der Waals surface area contributed by atoms with Crippen LogP contribution in [0, 0.1) is 5.82 Å². The summed E-state index contributed by atoms with van der Waals surface area (Å²) in [6, 6.07) is 7.92. The minimum absolute atomic E-state index is 0.0628. The highest BCUT2D eigenvalue weighted by molar-refractivity contribution is 6.13. The molecule has 3 aromatic rings. The Bertz CT molecular complexity index is 1220. The molecule has 1 saturated heterocycles. The zero-order valence-corrected chi connectivity index (χ0v) is 13.7. The van der Waals surface area contributed by atoms with E-state index in [2.05, 4.69) is 15.8 Å². The highest BCUT2D eigenvalue weighted by atomic mass is 19.1. The molecule has 8 nitrogen and oxygen atoms in total. The number of carbonyl (C=O) groups is 2. The average Bonchev–Trinajstić information content (AvgIpc) is 3.17. The first-order chi connectivity index (χ1) is 13.0. The summed E-state index contributed by atoms with van der Waals surface area (Å²) in [7, 11) is 0. The zero-order chi connectivity index (χ0) is 18.7. The molecule has 0 saturated carbocycles. The zero-order valence-electron chi connectivity index (χ0n) is 13.7. The van der Waals surface area contributed by atoms with E-state index in [0.29, 0.717) is 22.3 Å². The summed E-state index contributed by atoms with van der Waals surface area (Å²) in [6.07, 6.45) is 0. The number of carbonyl (C=O) groups excluding carboxylic acids is 2. The molecule has 2 N–H and O–H groups in total. The van der Waals surface area contributed by atoms with Crippen LogP contribution in [0.25, 0.3) is 16.6 Å². The van der Waals surface area contributed by atoms with Crippen LogP contribution in [0.2, 0.25) is 0 Å². The van der Waals surface area contributed by atoms with Gasteiger partial charge in [-0.25, -0.2) is 14.9 Å². The molecule has 1 amide bonds. The highest BCUT2D eigenvalue weighted by Crippen LogP contribution is 2.27. The second-order valence-corrected chi connectivity index (χ2v) is 6.27. The summed E-state index contributed by atoms with van der Waals surface area (Å²) in [5.41, 5.74) is 3.11. The van der Waals surface area contributed by atoms with Crippen LogP contribution in [0.15, 0.2) is 41.2 Å². The van der Waals surface area contributed by atoms with Crippen molar-refractivity contribution in [1.29, 1.82) is 0 Å². The molecular formula is C18H11FN4O4. The molecule has 5 rings (SSSR count). The van der Waals surface area contributed by atoms with Gasteiger partial charge in [0.05, 0.1) is 22.2 Å². The maximum absolute atomic E-state index is 13.5. The quantitative estimate of drug-likeness (QED) is 0.547. The van der Waals surface area contributed by atoms with Gasteiger partial charge in [0.2, 0.25) is 5.78 Å². The van der Waals surface area contributed by atoms with Crippen molar-refractivity contribution < 1.29 is 18.8 Å². The summed E-state index contributed by atoms with van der Waals surface area (Å²) in [4.78, 5) is 46.2. The number of hydroxylamine groups is 1. The Labute approximate surface area is 150 Å². The Hall–Kier alpha value is -3.59. The Morgan fingerprint density at radius 3 is 2.81 bits per heavy atom. The van der Waals surface area contributed by atoms with E-state index in [0.717, 1.165) is 6.07 Å². The SMILES string of the molecule is O=C1c2cc(F)ccc2-n2c1nc1cc(NC3CONC3=O)ccc1c2=O. The van der Waals surface area contributed by atoms with Crippen LogP contribution in [-0.2, 0) is 9.63 Å². The number of hydrogen-bond donors (Lipinski definition) is 2. The lowest BCUT2D eigenvalue weighted by Gasteiger charge is -2.11. The van der Waals surface area contributed by atoms with Gasteiger partial charge >= 0.3 is 0 Å². The van der Waals surface area contributed by atoms with Gasteiger partial charge in [0.1, 0.15) is 18.5 Å². The van der Waals surface area contributed by atoms with Crippen LogP contribution in [-0.4, -0.2) is 33.9 Å². The first kappa shape index (κ1) is 15.6. The van der Waals surface area contributed by atoms with E-state index in [1.165, 1.54) is 16.7 Å². The van der Waals surface area contributed by atoms with E-state index in [1.54, 1.807) is 18.2 Å². The Balaban J connectivity index is 1.65. The van der Waals surface area contributed by atoms with E-state index in [-0.39, 0.29) is 23.9 Å². The van der Waals surface area contributed by atoms with E-state index >= 15 is 0 Å². The first-order valence-corrected chi connectivity index (χ1v) is 8.12. The molecule has 1 aromatic heterocycles. The van der Waals surface area contributed by atoms with Gasteiger partial charge in [-0.15, -0.1) is 0 Å². The fourth-order valence-corrected chi connectivity index (χ4v) is 3.31. The molecular weight excluding hydrogens is 355 g/mol. The van der Waals surface area contributed by atoms with Gasteiger partial charge in [0.25, 0.3) is 11.5 Å². The number of halogens is 1. The maximum atomic E-state index is 13.5. The first-order valence-electron chi connectivity index (χ1n) is 8.12. The number of hydrogen-bond acceptors (Lipinski definition) is 6.